The molecule has 0 unspecified atom stereocenters. The van der Waals surface area contributed by atoms with E-state index in [1.54, 1.807) is 0 Å². The van der Waals surface area contributed by atoms with Crippen LogP contribution in [0.3, 0.4) is 0 Å². The zero-order valence-corrected chi connectivity index (χ0v) is 9.82. The maximum Gasteiger partial charge on any atom is 0.222 e. The van der Waals surface area contributed by atoms with Gasteiger partial charge in [0, 0.05) is 31.3 Å². The summed E-state index contributed by atoms with van der Waals surface area (Å²) in [6, 6.07) is 0.406. The number of amides is 1. The average molecular weight is 221 g/mol. The van der Waals surface area contributed by atoms with Crippen molar-refractivity contribution in [1.29, 1.82) is 0 Å². The molecule has 3 nitrogen and oxygen atoms in total. The summed E-state index contributed by atoms with van der Waals surface area (Å²) in [7, 11) is 0. The van der Waals surface area contributed by atoms with E-state index < -0.39 is 0 Å². The molecule has 0 N–H and O–H groups in total. The number of Topliss-reactive ketones (excluding diaryl/α,β-unsaturated/α-hetero) is 1. The minimum absolute atomic E-state index is 0.231. The van der Waals surface area contributed by atoms with Gasteiger partial charge in [0.25, 0.3) is 0 Å². The first-order valence-corrected chi connectivity index (χ1v) is 6.54. The van der Waals surface area contributed by atoms with Crippen molar-refractivity contribution in [1.82, 2.24) is 4.90 Å². The summed E-state index contributed by atoms with van der Waals surface area (Å²) in [6.07, 6.45) is 4.34. The monoisotopic (exact) mass is 221 g/mol. The van der Waals surface area contributed by atoms with Gasteiger partial charge in [-0.25, -0.2) is 0 Å². The van der Waals surface area contributed by atoms with E-state index in [2.05, 4.69) is 11.8 Å². The zero-order chi connectivity index (χ0) is 11.3. The van der Waals surface area contributed by atoms with E-state index in [4.69, 9.17) is 0 Å². The van der Waals surface area contributed by atoms with Crippen LogP contribution in [0.5, 0.6) is 0 Å². The molecule has 3 fully saturated rings. The number of hydrogen-bond donors (Lipinski definition) is 0. The molecular formula is C13H19NO2. The molecule has 2 aliphatic heterocycles. The van der Waals surface area contributed by atoms with E-state index in [0.29, 0.717) is 36.0 Å². The first-order chi connectivity index (χ1) is 7.72. The Kier molecular flexibility index (Phi) is 2.30. The van der Waals surface area contributed by atoms with Crippen LogP contribution < -0.4 is 0 Å². The number of piperidine rings is 1. The molecule has 4 atom stereocenters. The summed E-state index contributed by atoms with van der Waals surface area (Å²) in [4.78, 5) is 25.9. The van der Waals surface area contributed by atoms with E-state index in [0.717, 1.165) is 32.2 Å². The SMILES string of the molecule is CC[C@H]1C(=O)C[C@@H]2CCN3C(=O)CC[C@H]1[C@H]23. The second kappa shape index (κ2) is 3.57. The number of carbonyl (C=O) groups excluding carboxylic acids is 2. The quantitative estimate of drug-likeness (QED) is 0.674. The molecule has 88 valence electrons. The van der Waals surface area contributed by atoms with E-state index in [1.807, 2.05) is 0 Å². The Morgan fingerprint density at radius 1 is 1.31 bits per heavy atom. The molecule has 0 aromatic carbocycles. The number of hydrogen-bond acceptors (Lipinski definition) is 2. The van der Waals surface area contributed by atoms with Gasteiger partial charge in [-0.2, -0.15) is 0 Å². The van der Waals surface area contributed by atoms with Crippen LogP contribution in [0, 0.1) is 17.8 Å². The highest BCUT2D eigenvalue weighted by Crippen LogP contribution is 2.46. The maximum absolute atomic E-state index is 12.0. The lowest BCUT2D eigenvalue weighted by Gasteiger charge is -2.45. The van der Waals surface area contributed by atoms with Crippen molar-refractivity contribution in [2.45, 2.75) is 45.1 Å². The van der Waals surface area contributed by atoms with Gasteiger partial charge in [-0.15, -0.1) is 0 Å². The van der Waals surface area contributed by atoms with Gasteiger partial charge >= 0.3 is 0 Å². The number of carbonyl (C=O) groups is 2. The van der Waals surface area contributed by atoms with Gasteiger partial charge in [0.1, 0.15) is 5.78 Å². The number of rotatable bonds is 1. The fourth-order valence-electron chi connectivity index (χ4n) is 4.20. The van der Waals surface area contributed by atoms with Crippen LogP contribution in [0.1, 0.15) is 39.0 Å². The Labute approximate surface area is 96.2 Å². The Hall–Kier alpha value is -0.860. The van der Waals surface area contributed by atoms with Crippen LogP contribution in [-0.4, -0.2) is 29.2 Å². The highest BCUT2D eigenvalue weighted by molar-refractivity contribution is 5.85. The third-order valence-electron chi connectivity index (χ3n) is 4.87. The number of nitrogens with zero attached hydrogens (tertiary/aromatic N) is 1. The lowest BCUT2D eigenvalue weighted by atomic mass is 9.66. The highest BCUT2D eigenvalue weighted by atomic mass is 16.2. The van der Waals surface area contributed by atoms with Crippen molar-refractivity contribution in [3.63, 3.8) is 0 Å². The summed E-state index contributed by atoms with van der Waals surface area (Å²) < 4.78 is 0. The van der Waals surface area contributed by atoms with Crippen molar-refractivity contribution in [3.8, 4) is 0 Å². The molecule has 3 rings (SSSR count). The second-order valence-electron chi connectivity index (χ2n) is 5.51. The molecule has 2 heterocycles. The van der Waals surface area contributed by atoms with Crippen molar-refractivity contribution < 1.29 is 9.59 Å². The Morgan fingerprint density at radius 2 is 2.12 bits per heavy atom. The molecule has 1 aliphatic carbocycles. The first kappa shape index (κ1) is 10.3. The molecule has 0 radical (unpaired) electrons. The smallest absolute Gasteiger partial charge is 0.222 e. The topological polar surface area (TPSA) is 37.4 Å². The summed E-state index contributed by atoms with van der Waals surface area (Å²) in [6.45, 7) is 3.01. The molecule has 1 saturated carbocycles. The largest absolute Gasteiger partial charge is 0.339 e. The van der Waals surface area contributed by atoms with Gasteiger partial charge in [-0.1, -0.05) is 6.92 Å². The molecule has 1 amide bonds. The Balaban J connectivity index is 1.93. The van der Waals surface area contributed by atoms with Gasteiger partial charge in [-0.05, 0) is 31.1 Å². The third kappa shape index (κ3) is 1.26. The summed E-state index contributed by atoms with van der Waals surface area (Å²) in [5.41, 5.74) is 0. The molecule has 3 heteroatoms. The van der Waals surface area contributed by atoms with E-state index >= 15 is 0 Å². The minimum Gasteiger partial charge on any atom is -0.339 e. The Bertz CT molecular complexity index is 339. The summed E-state index contributed by atoms with van der Waals surface area (Å²) >= 11 is 0. The van der Waals surface area contributed by atoms with Crippen LogP contribution in [0.15, 0.2) is 0 Å². The molecule has 0 aromatic heterocycles. The molecule has 2 saturated heterocycles. The van der Waals surface area contributed by atoms with E-state index in [9.17, 15) is 9.59 Å². The van der Waals surface area contributed by atoms with Crippen LogP contribution in [0.2, 0.25) is 0 Å². The highest BCUT2D eigenvalue weighted by Gasteiger charge is 2.51. The Morgan fingerprint density at radius 3 is 2.88 bits per heavy atom. The first-order valence-electron chi connectivity index (χ1n) is 6.54. The molecule has 3 aliphatic rings. The van der Waals surface area contributed by atoms with Crippen LogP contribution >= 0.6 is 0 Å². The molecule has 0 spiro atoms. The van der Waals surface area contributed by atoms with Crippen LogP contribution in [-0.2, 0) is 9.59 Å². The fraction of sp³-hybridized carbons (Fsp3) is 0.846. The zero-order valence-electron chi connectivity index (χ0n) is 9.82. The van der Waals surface area contributed by atoms with E-state index in [-0.39, 0.29) is 5.92 Å². The van der Waals surface area contributed by atoms with Gasteiger partial charge in [-0.3, -0.25) is 9.59 Å². The fourth-order valence-corrected chi connectivity index (χ4v) is 4.20. The average Bonchev–Trinajstić information content (AvgIpc) is 2.68. The number of ketones is 1. The summed E-state index contributed by atoms with van der Waals surface area (Å²) in [5, 5.41) is 0. The molecule has 0 aromatic rings. The van der Waals surface area contributed by atoms with Gasteiger partial charge in [0.2, 0.25) is 5.91 Å². The maximum atomic E-state index is 12.0. The van der Waals surface area contributed by atoms with Gasteiger partial charge in [0.05, 0.1) is 0 Å². The third-order valence-corrected chi connectivity index (χ3v) is 4.87. The predicted molar refractivity (Wildman–Crippen MR) is 59.7 cm³/mol. The van der Waals surface area contributed by atoms with Crippen LogP contribution in [0.25, 0.3) is 0 Å². The second-order valence-corrected chi connectivity index (χ2v) is 5.51. The minimum atomic E-state index is 0.231. The lowest BCUT2D eigenvalue weighted by Crippen LogP contribution is -2.53. The predicted octanol–water partition coefficient (Wildman–Crippen LogP) is 1.61. The molecule has 0 bridgehead atoms. The summed E-state index contributed by atoms with van der Waals surface area (Å²) in [5.74, 6) is 1.97. The normalized spacial score (nSPS) is 42.4. The van der Waals surface area contributed by atoms with Gasteiger partial charge < -0.3 is 4.90 Å². The standard InChI is InChI=1S/C13H19NO2/c1-2-9-10-3-4-12(16)14-6-5-8(13(10)14)7-11(9)15/h8-10,13H,2-7H2,1H3/t8-,9+,10+,13-/m0/s1. The van der Waals surface area contributed by atoms with Crippen molar-refractivity contribution in [3.05, 3.63) is 0 Å². The van der Waals surface area contributed by atoms with Gasteiger partial charge in [0.15, 0.2) is 0 Å². The molecular weight excluding hydrogens is 202 g/mol. The van der Waals surface area contributed by atoms with Crippen LogP contribution in [0.4, 0.5) is 0 Å². The molecule has 16 heavy (non-hydrogen) atoms. The van der Waals surface area contributed by atoms with Crippen molar-refractivity contribution in [2.24, 2.45) is 17.8 Å². The van der Waals surface area contributed by atoms with Crippen molar-refractivity contribution >= 4 is 11.7 Å². The lowest BCUT2D eigenvalue weighted by molar-refractivity contribution is -0.145. The van der Waals surface area contributed by atoms with E-state index in [1.165, 1.54) is 0 Å². The van der Waals surface area contributed by atoms with Crippen molar-refractivity contribution in [2.75, 3.05) is 6.54 Å².